The Hall–Kier alpha value is 0. The molecule has 0 spiro atoms. The van der Waals surface area contributed by atoms with E-state index in [9.17, 15) is 0 Å². The predicted octanol–water partition coefficient (Wildman–Crippen LogP) is 3.57. The van der Waals surface area contributed by atoms with E-state index in [1.165, 1.54) is 32.1 Å². The minimum atomic E-state index is 1.33. The molecule has 0 atom stereocenters. The minimum absolute atomic E-state index is 1.33. The quantitative estimate of drug-likeness (QED) is 0.391. The highest BCUT2D eigenvalue weighted by atomic mass is 14.0. The van der Waals surface area contributed by atoms with Gasteiger partial charge in [0.05, 0.1) is 0 Å². The summed E-state index contributed by atoms with van der Waals surface area (Å²) in [5.41, 5.74) is 0. The Morgan fingerprint density at radius 2 is 1.67 bits per heavy atom. The highest BCUT2D eigenvalue weighted by molar-refractivity contribution is 4.75. The summed E-state index contributed by atoms with van der Waals surface area (Å²) in [4.78, 5) is 0. The van der Waals surface area contributed by atoms with Crippen molar-refractivity contribution in [1.82, 2.24) is 0 Å². The lowest BCUT2D eigenvalue weighted by atomic mass is 10.1. The average molecular weight is 127 g/mol. The molecule has 0 aromatic heterocycles. The first kappa shape index (κ1) is 9.00. The molecule has 0 rings (SSSR count). The van der Waals surface area contributed by atoms with Gasteiger partial charge in [-0.2, -0.15) is 20.3 Å². The first-order valence-corrected chi connectivity index (χ1v) is 4.06. The Morgan fingerprint density at radius 3 is 2.11 bits per heavy atom. The highest BCUT2D eigenvalue weighted by Gasteiger charge is 1.82. The Kier molecular flexibility index (Phi) is 6.12. The first-order chi connectivity index (χ1) is 4.27. The van der Waals surface area contributed by atoms with E-state index >= 15 is 0 Å². The van der Waals surface area contributed by atoms with E-state index in [2.05, 4.69) is 20.8 Å². The zero-order valence-electron chi connectivity index (χ0n) is 7.04. The lowest BCUT2D eigenvalue weighted by Gasteiger charge is -2.15. The third kappa shape index (κ3) is 8.00. The largest absolute Gasteiger partial charge is 0.320 e. The molecule has 0 saturated heterocycles. The van der Waals surface area contributed by atoms with E-state index < -0.39 is 0 Å². The molecule has 0 nitrogen and oxygen atoms in total. The summed E-state index contributed by atoms with van der Waals surface area (Å²) in [7, 11) is 0. The number of hydrogen-bond donors (Lipinski definition) is 0. The smallest absolute Gasteiger partial charge is 0.0537 e. The van der Waals surface area contributed by atoms with Crippen molar-refractivity contribution in [3.8, 4) is 0 Å². The number of hydrogen-bond acceptors (Lipinski definition) is 0. The second-order valence-corrected chi connectivity index (χ2v) is 3.02. The van der Waals surface area contributed by atoms with E-state index in [0.717, 1.165) is 0 Å². The second-order valence-electron chi connectivity index (χ2n) is 3.02. The Morgan fingerprint density at radius 1 is 1.00 bits per heavy atom. The van der Waals surface area contributed by atoms with Gasteiger partial charge in [-0.25, -0.2) is 0 Å². The monoisotopic (exact) mass is 127 g/mol. The standard InChI is InChI=1S/C9H19/c1-4-5-6-7-8-9(2)3/h4-8H2,1-3H3/q-1. The molecular formula is C9H19-. The van der Waals surface area contributed by atoms with Crippen LogP contribution in [-0.4, -0.2) is 0 Å². The van der Waals surface area contributed by atoms with Crippen molar-refractivity contribution < 1.29 is 0 Å². The van der Waals surface area contributed by atoms with Gasteiger partial charge in [-0.05, 0) is 0 Å². The molecule has 0 bridgehead atoms. The number of rotatable bonds is 5. The van der Waals surface area contributed by atoms with Gasteiger partial charge in [0, 0.05) is 0 Å². The lowest BCUT2D eigenvalue weighted by Crippen LogP contribution is -1.83. The van der Waals surface area contributed by atoms with Crippen molar-refractivity contribution in [2.75, 3.05) is 0 Å². The van der Waals surface area contributed by atoms with Crippen LogP contribution in [0.25, 0.3) is 0 Å². The molecular weight excluding hydrogens is 108 g/mol. The predicted molar refractivity (Wildman–Crippen MR) is 43.4 cm³/mol. The van der Waals surface area contributed by atoms with Crippen LogP contribution in [0.5, 0.6) is 0 Å². The fraction of sp³-hybridized carbons (Fsp3) is 0.889. The molecule has 0 unspecified atom stereocenters. The van der Waals surface area contributed by atoms with Crippen molar-refractivity contribution in [3.05, 3.63) is 5.92 Å². The SMILES string of the molecule is CCCCCC[C-](C)C. The van der Waals surface area contributed by atoms with Crippen LogP contribution in [-0.2, 0) is 0 Å². The van der Waals surface area contributed by atoms with E-state index in [1.54, 1.807) is 5.92 Å². The molecule has 0 fully saturated rings. The van der Waals surface area contributed by atoms with E-state index in [4.69, 9.17) is 0 Å². The zero-order chi connectivity index (χ0) is 7.11. The van der Waals surface area contributed by atoms with Crippen LogP contribution in [0.4, 0.5) is 0 Å². The van der Waals surface area contributed by atoms with Crippen LogP contribution < -0.4 is 0 Å². The van der Waals surface area contributed by atoms with Crippen molar-refractivity contribution >= 4 is 0 Å². The molecule has 0 heterocycles. The van der Waals surface area contributed by atoms with Crippen LogP contribution in [0.3, 0.4) is 0 Å². The molecule has 0 aromatic rings. The van der Waals surface area contributed by atoms with Gasteiger partial charge in [0.2, 0.25) is 0 Å². The van der Waals surface area contributed by atoms with Crippen molar-refractivity contribution in [3.63, 3.8) is 0 Å². The van der Waals surface area contributed by atoms with Gasteiger partial charge in [0.1, 0.15) is 0 Å². The first-order valence-electron chi connectivity index (χ1n) is 4.06. The van der Waals surface area contributed by atoms with E-state index in [-0.39, 0.29) is 0 Å². The Labute approximate surface area is 59.7 Å². The third-order valence-corrected chi connectivity index (χ3v) is 1.53. The molecule has 0 aliphatic rings. The molecule has 0 aliphatic heterocycles. The van der Waals surface area contributed by atoms with Gasteiger partial charge in [-0.3, -0.25) is 0 Å². The normalized spacial score (nSPS) is 10.7. The summed E-state index contributed by atoms with van der Waals surface area (Å²) < 4.78 is 0. The molecule has 0 N–H and O–H groups in total. The van der Waals surface area contributed by atoms with Gasteiger partial charge in [-0.1, -0.05) is 32.6 Å². The van der Waals surface area contributed by atoms with Crippen molar-refractivity contribution in [1.29, 1.82) is 0 Å². The third-order valence-electron chi connectivity index (χ3n) is 1.53. The van der Waals surface area contributed by atoms with E-state index in [1.807, 2.05) is 0 Å². The molecule has 0 radical (unpaired) electrons. The number of unbranched alkanes of at least 4 members (excludes halogenated alkanes) is 3. The van der Waals surface area contributed by atoms with E-state index in [0.29, 0.717) is 0 Å². The maximum atomic E-state index is 2.25. The summed E-state index contributed by atoms with van der Waals surface area (Å²) in [6, 6.07) is 0. The summed E-state index contributed by atoms with van der Waals surface area (Å²) >= 11 is 0. The summed E-state index contributed by atoms with van der Waals surface area (Å²) in [6.07, 6.45) is 6.91. The highest BCUT2D eigenvalue weighted by Crippen LogP contribution is 2.10. The van der Waals surface area contributed by atoms with Crippen LogP contribution in [0.1, 0.15) is 52.9 Å². The average Bonchev–Trinajstić information content (AvgIpc) is 1.80. The maximum Gasteiger partial charge on any atom is -0.0537 e. The molecule has 56 valence electrons. The fourth-order valence-corrected chi connectivity index (χ4v) is 0.905. The minimum Gasteiger partial charge on any atom is -0.320 e. The van der Waals surface area contributed by atoms with Gasteiger partial charge in [0.15, 0.2) is 0 Å². The van der Waals surface area contributed by atoms with Crippen LogP contribution in [0.15, 0.2) is 0 Å². The van der Waals surface area contributed by atoms with Gasteiger partial charge in [0.25, 0.3) is 0 Å². The van der Waals surface area contributed by atoms with Gasteiger partial charge in [-0.15, -0.1) is 0 Å². The lowest BCUT2D eigenvalue weighted by molar-refractivity contribution is 0.640. The van der Waals surface area contributed by atoms with Gasteiger partial charge < -0.3 is 5.92 Å². The fourth-order valence-electron chi connectivity index (χ4n) is 0.905. The second kappa shape index (κ2) is 6.12. The summed E-state index contributed by atoms with van der Waals surface area (Å²) in [5, 5.41) is 0. The molecule has 0 aromatic carbocycles. The molecule has 0 heteroatoms. The van der Waals surface area contributed by atoms with Crippen molar-refractivity contribution in [2.24, 2.45) is 0 Å². The van der Waals surface area contributed by atoms with Crippen LogP contribution in [0, 0.1) is 5.92 Å². The maximum absolute atomic E-state index is 2.25. The summed E-state index contributed by atoms with van der Waals surface area (Å²) in [5.74, 6) is 1.58. The van der Waals surface area contributed by atoms with Crippen molar-refractivity contribution in [2.45, 2.75) is 52.9 Å². The molecule has 0 saturated carbocycles. The Bertz CT molecular complexity index is 46.0. The summed E-state index contributed by atoms with van der Waals surface area (Å²) in [6.45, 7) is 6.68. The molecule has 0 aliphatic carbocycles. The molecule has 0 amide bonds. The van der Waals surface area contributed by atoms with Gasteiger partial charge >= 0.3 is 0 Å². The topological polar surface area (TPSA) is 0 Å². The Balaban J connectivity index is 2.75. The molecule has 9 heavy (non-hydrogen) atoms. The zero-order valence-corrected chi connectivity index (χ0v) is 7.04. The van der Waals surface area contributed by atoms with Crippen LogP contribution >= 0.6 is 0 Å². The van der Waals surface area contributed by atoms with Crippen LogP contribution in [0.2, 0.25) is 0 Å².